The number of carbonyl (C=O) groups is 1. The summed E-state index contributed by atoms with van der Waals surface area (Å²) < 4.78 is 22.5. The Hall–Kier alpha value is -1.44. The maximum atomic E-state index is 12.6. The minimum Gasteiger partial charge on any atom is -0.355 e. The Bertz CT molecular complexity index is 701. The Morgan fingerprint density at radius 3 is 2.56 bits per heavy atom. The van der Waals surface area contributed by atoms with E-state index in [1.165, 1.54) is 25.0 Å². The molecule has 0 spiro atoms. The summed E-state index contributed by atoms with van der Waals surface area (Å²) in [6.45, 7) is 2.83. The molecule has 0 radical (unpaired) electrons. The number of primary sulfonamides is 1. The van der Waals surface area contributed by atoms with E-state index in [2.05, 4.69) is 10.2 Å². The molecule has 2 saturated heterocycles. The van der Waals surface area contributed by atoms with Crippen LogP contribution in [0.4, 0.5) is 0 Å². The molecule has 1 amide bonds. The zero-order chi connectivity index (χ0) is 17.9. The number of nitrogens with zero attached hydrogens (tertiary/aromatic N) is 1. The normalized spacial score (nSPS) is 24.5. The summed E-state index contributed by atoms with van der Waals surface area (Å²) in [7, 11) is -3.65. The molecule has 25 heavy (non-hydrogen) atoms. The largest absolute Gasteiger partial charge is 0.355 e. The molecule has 0 saturated carbocycles. The molecule has 2 atom stereocenters. The lowest BCUT2D eigenvalue weighted by molar-refractivity contribution is -0.129. The van der Waals surface area contributed by atoms with Gasteiger partial charge in [-0.25, -0.2) is 13.6 Å². The first-order valence-corrected chi connectivity index (χ1v) is 10.6. The summed E-state index contributed by atoms with van der Waals surface area (Å²) in [5.74, 6) is 0.275. The number of hydrogen-bond donors (Lipinski definition) is 2. The molecular weight excluding hydrogens is 338 g/mol. The number of carbonyl (C=O) groups excluding carboxylic acids is 1. The van der Waals surface area contributed by atoms with Crippen molar-refractivity contribution in [2.75, 3.05) is 19.6 Å². The summed E-state index contributed by atoms with van der Waals surface area (Å²) >= 11 is 0. The first kappa shape index (κ1) is 18.4. The quantitative estimate of drug-likeness (QED) is 0.821. The predicted molar refractivity (Wildman–Crippen MR) is 96.5 cm³/mol. The second kappa shape index (κ2) is 7.85. The van der Waals surface area contributed by atoms with Crippen molar-refractivity contribution in [2.45, 2.75) is 49.5 Å². The zero-order valence-electron chi connectivity index (χ0n) is 14.5. The van der Waals surface area contributed by atoms with Crippen molar-refractivity contribution in [3.63, 3.8) is 0 Å². The molecular formula is C18H27N3O3S. The van der Waals surface area contributed by atoms with Gasteiger partial charge in [-0.15, -0.1) is 0 Å². The van der Waals surface area contributed by atoms with Crippen LogP contribution in [0, 0.1) is 5.92 Å². The molecule has 2 aliphatic rings. The maximum absolute atomic E-state index is 12.6. The van der Waals surface area contributed by atoms with Crippen molar-refractivity contribution < 1.29 is 13.2 Å². The molecule has 3 N–H and O–H groups in total. The first-order chi connectivity index (χ1) is 11.9. The lowest BCUT2D eigenvalue weighted by Crippen LogP contribution is -2.52. The van der Waals surface area contributed by atoms with Gasteiger partial charge in [-0.05, 0) is 62.9 Å². The SMILES string of the molecule is NS(=O)(=O)c1ccc(CCNC(=O)[C@@H]2CCCN3CCCC[C@H]23)cc1. The van der Waals surface area contributed by atoms with Gasteiger partial charge in [-0.2, -0.15) is 0 Å². The van der Waals surface area contributed by atoms with Gasteiger partial charge in [0.2, 0.25) is 15.9 Å². The van der Waals surface area contributed by atoms with Gasteiger partial charge in [0.25, 0.3) is 0 Å². The Balaban J connectivity index is 1.50. The zero-order valence-corrected chi connectivity index (χ0v) is 15.3. The van der Waals surface area contributed by atoms with Gasteiger partial charge in [-0.1, -0.05) is 18.6 Å². The van der Waals surface area contributed by atoms with Crippen molar-refractivity contribution in [2.24, 2.45) is 11.1 Å². The van der Waals surface area contributed by atoms with E-state index < -0.39 is 10.0 Å². The van der Waals surface area contributed by atoms with Crippen LogP contribution in [0.2, 0.25) is 0 Å². The molecule has 1 aromatic rings. The lowest BCUT2D eigenvalue weighted by Gasteiger charge is -2.43. The number of nitrogens with one attached hydrogen (secondary N) is 1. The predicted octanol–water partition coefficient (Wildman–Crippen LogP) is 1.26. The second-order valence-electron chi connectivity index (χ2n) is 7.08. The topological polar surface area (TPSA) is 92.5 Å². The number of nitrogens with two attached hydrogens (primary N) is 1. The van der Waals surface area contributed by atoms with Gasteiger partial charge < -0.3 is 5.32 Å². The fourth-order valence-corrected chi connectivity index (χ4v) is 4.58. The Morgan fingerprint density at radius 2 is 1.84 bits per heavy atom. The van der Waals surface area contributed by atoms with E-state index in [-0.39, 0.29) is 16.7 Å². The standard InChI is InChI=1S/C18H27N3O3S/c19-25(23,24)15-8-6-14(7-9-15)10-11-20-18(22)16-4-3-13-21-12-2-1-5-17(16)21/h6-9,16-17H,1-5,10-13H2,(H,20,22)(H2,19,23,24)/t16-,17-/m1/s1. The average Bonchev–Trinajstić information content (AvgIpc) is 2.61. The minimum atomic E-state index is -3.65. The molecule has 0 aliphatic carbocycles. The van der Waals surface area contributed by atoms with E-state index in [1.807, 2.05) is 0 Å². The number of hydrogen-bond acceptors (Lipinski definition) is 4. The molecule has 7 heteroatoms. The fraction of sp³-hybridized carbons (Fsp3) is 0.611. The van der Waals surface area contributed by atoms with Crippen LogP contribution in [0.1, 0.15) is 37.7 Å². The molecule has 2 aliphatic heterocycles. The smallest absolute Gasteiger partial charge is 0.238 e. The highest BCUT2D eigenvalue weighted by atomic mass is 32.2. The third kappa shape index (κ3) is 4.59. The first-order valence-electron chi connectivity index (χ1n) is 9.08. The summed E-state index contributed by atoms with van der Waals surface area (Å²) in [5, 5.41) is 8.16. The van der Waals surface area contributed by atoms with Crippen molar-refractivity contribution in [1.29, 1.82) is 0 Å². The number of amides is 1. The van der Waals surface area contributed by atoms with Gasteiger partial charge in [0.15, 0.2) is 0 Å². The molecule has 0 bridgehead atoms. The van der Waals surface area contributed by atoms with E-state index in [0.29, 0.717) is 19.0 Å². The minimum absolute atomic E-state index is 0.110. The van der Waals surface area contributed by atoms with Crippen LogP contribution < -0.4 is 10.5 Å². The molecule has 2 heterocycles. The van der Waals surface area contributed by atoms with E-state index in [4.69, 9.17) is 5.14 Å². The van der Waals surface area contributed by atoms with E-state index in [0.717, 1.165) is 37.9 Å². The van der Waals surface area contributed by atoms with Crippen LogP contribution in [0.25, 0.3) is 0 Å². The van der Waals surface area contributed by atoms with Gasteiger partial charge in [-0.3, -0.25) is 9.69 Å². The summed E-state index contributed by atoms with van der Waals surface area (Å²) in [6, 6.07) is 6.92. The van der Waals surface area contributed by atoms with Crippen LogP contribution in [0.5, 0.6) is 0 Å². The average molecular weight is 365 g/mol. The number of fused-ring (bicyclic) bond motifs is 1. The molecule has 0 unspecified atom stereocenters. The van der Waals surface area contributed by atoms with Crippen molar-refractivity contribution >= 4 is 15.9 Å². The molecule has 6 nitrogen and oxygen atoms in total. The summed E-state index contributed by atoms with van der Waals surface area (Å²) in [6.07, 6.45) is 6.37. The van der Waals surface area contributed by atoms with Crippen LogP contribution in [-0.4, -0.2) is 44.9 Å². The van der Waals surface area contributed by atoms with Gasteiger partial charge >= 0.3 is 0 Å². The second-order valence-corrected chi connectivity index (χ2v) is 8.64. The Morgan fingerprint density at radius 1 is 1.12 bits per heavy atom. The van der Waals surface area contributed by atoms with E-state index >= 15 is 0 Å². The Kier molecular flexibility index (Phi) is 5.76. The third-order valence-electron chi connectivity index (χ3n) is 5.39. The van der Waals surface area contributed by atoms with Gasteiger partial charge in [0.1, 0.15) is 0 Å². The van der Waals surface area contributed by atoms with Gasteiger partial charge in [0, 0.05) is 12.6 Å². The third-order valence-corrected chi connectivity index (χ3v) is 6.32. The van der Waals surface area contributed by atoms with Crippen LogP contribution in [-0.2, 0) is 21.2 Å². The van der Waals surface area contributed by atoms with Crippen molar-refractivity contribution in [3.05, 3.63) is 29.8 Å². The maximum Gasteiger partial charge on any atom is 0.238 e. The van der Waals surface area contributed by atoms with Crippen LogP contribution >= 0.6 is 0 Å². The summed E-state index contributed by atoms with van der Waals surface area (Å²) in [4.78, 5) is 15.2. The Labute approximate surface area is 149 Å². The van der Waals surface area contributed by atoms with E-state index in [9.17, 15) is 13.2 Å². The highest BCUT2D eigenvalue weighted by molar-refractivity contribution is 7.89. The molecule has 2 fully saturated rings. The monoisotopic (exact) mass is 365 g/mol. The number of rotatable bonds is 5. The molecule has 138 valence electrons. The molecule has 1 aromatic carbocycles. The molecule has 3 rings (SSSR count). The van der Waals surface area contributed by atoms with Crippen molar-refractivity contribution in [1.82, 2.24) is 10.2 Å². The van der Waals surface area contributed by atoms with Crippen molar-refractivity contribution in [3.8, 4) is 0 Å². The van der Waals surface area contributed by atoms with E-state index in [1.54, 1.807) is 12.1 Å². The number of benzene rings is 1. The fourth-order valence-electron chi connectivity index (χ4n) is 4.07. The molecule has 0 aromatic heterocycles. The number of piperidine rings is 2. The summed E-state index contributed by atoms with van der Waals surface area (Å²) in [5.41, 5.74) is 0.982. The van der Waals surface area contributed by atoms with Crippen LogP contribution in [0.3, 0.4) is 0 Å². The van der Waals surface area contributed by atoms with Crippen LogP contribution in [0.15, 0.2) is 29.2 Å². The highest BCUT2D eigenvalue weighted by Crippen LogP contribution is 2.30. The van der Waals surface area contributed by atoms with Gasteiger partial charge in [0.05, 0.1) is 10.8 Å². The highest BCUT2D eigenvalue weighted by Gasteiger charge is 2.36. The lowest BCUT2D eigenvalue weighted by atomic mass is 9.83. The number of sulfonamides is 1.